The van der Waals surface area contributed by atoms with Gasteiger partial charge in [-0.05, 0) is 17.2 Å². The summed E-state index contributed by atoms with van der Waals surface area (Å²) >= 11 is 0. The van der Waals surface area contributed by atoms with E-state index in [0.717, 1.165) is 22.8 Å². The third-order valence-corrected chi connectivity index (χ3v) is 5.11. The summed E-state index contributed by atoms with van der Waals surface area (Å²) in [6.45, 7) is 0.975. The largest absolute Gasteiger partial charge is 1.00 e. The molecule has 3 aromatic carbocycles. The molecule has 0 fully saturated rings. The van der Waals surface area contributed by atoms with Crippen molar-refractivity contribution in [2.75, 3.05) is 13.2 Å². The highest BCUT2D eigenvalue weighted by atomic mass is 35.5. The Balaban J connectivity index is 0.00000256. The van der Waals surface area contributed by atoms with Crippen molar-refractivity contribution in [3.8, 4) is 0 Å². The zero-order chi connectivity index (χ0) is 20.1. The molecule has 5 nitrogen and oxygen atoms in total. The van der Waals surface area contributed by atoms with Crippen LogP contribution in [0, 0.1) is 0 Å². The van der Waals surface area contributed by atoms with Crippen molar-refractivity contribution >= 4 is 23.7 Å². The normalized spacial score (nSPS) is 14.6. The van der Waals surface area contributed by atoms with Gasteiger partial charge in [0, 0.05) is 12.5 Å². The van der Waals surface area contributed by atoms with Crippen molar-refractivity contribution in [2.24, 2.45) is 4.99 Å². The maximum absolute atomic E-state index is 13.0. The molecule has 2 N–H and O–H groups in total. The molecule has 1 heterocycles. The number of fused-ring (bicyclic) bond motifs is 1. The van der Waals surface area contributed by atoms with Crippen LogP contribution in [0.3, 0.4) is 0 Å². The van der Waals surface area contributed by atoms with Gasteiger partial charge in [0.05, 0.1) is 13.2 Å². The molecule has 0 saturated heterocycles. The fourth-order valence-electron chi connectivity index (χ4n) is 3.57. The first kappa shape index (κ1) is 21.7. The van der Waals surface area contributed by atoms with Crippen molar-refractivity contribution in [3.63, 3.8) is 0 Å². The molecule has 1 unspecified atom stereocenters. The fraction of sp³-hybridized carbons (Fsp3) is 0.167. The van der Waals surface area contributed by atoms with E-state index >= 15 is 0 Å². The number of aliphatic hydroxyl groups is 1. The van der Waals surface area contributed by atoms with Gasteiger partial charge in [-0.2, -0.15) is 4.99 Å². The van der Waals surface area contributed by atoms with Gasteiger partial charge in [0.15, 0.2) is 12.0 Å². The summed E-state index contributed by atoms with van der Waals surface area (Å²) in [5, 5.41) is 11.4. The number of halogens is 1. The molecule has 0 aromatic heterocycles. The SMILES string of the molecule is O=C(OCCC[NH+]1C=Nc2ccccc21)C(O)(c1ccccc1)c1ccccc1.[Cl-]. The van der Waals surface area contributed by atoms with E-state index in [1.165, 1.54) is 0 Å². The fourth-order valence-corrected chi connectivity index (χ4v) is 3.57. The summed E-state index contributed by atoms with van der Waals surface area (Å²) in [6, 6.07) is 25.8. The summed E-state index contributed by atoms with van der Waals surface area (Å²) in [5.41, 5.74) is 1.24. The molecule has 0 radical (unpaired) electrons. The minimum atomic E-state index is -1.84. The number of para-hydroxylation sites is 2. The van der Waals surface area contributed by atoms with Gasteiger partial charge in [0.2, 0.25) is 5.60 Å². The first-order valence-electron chi connectivity index (χ1n) is 9.69. The Morgan fingerprint density at radius 2 is 1.47 bits per heavy atom. The molecule has 6 heteroatoms. The van der Waals surface area contributed by atoms with Crippen molar-refractivity contribution in [1.29, 1.82) is 0 Å². The molecule has 154 valence electrons. The first-order chi connectivity index (χ1) is 14.2. The van der Waals surface area contributed by atoms with Gasteiger partial charge in [-0.25, -0.2) is 4.79 Å². The van der Waals surface area contributed by atoms with Crippen LogP contribution in [0.5, 0.6) is 0 Å². The maximum Gasteiger partial charge on any atom is 0.347 e. The first-order valence-corrected chi connectivity index (χ1v) is 9.69. The van der Waals surface area contributed by atoms with Crippen LogP contribution >= 0.6 is 0 Å². The van der Waals surface area contributed by atoms with Crippen LogP contribution in [0.25, 0.3) is 0 Å². The highest BCUT2D eigenvalue weighted by Crippen LogP contribution is 2.31. The predicted molar refractivity (Wildman–Crippen MR) is 112 cm³/mol. The smallest absolute Gasteiger partial charge is 0.347 e. The van der Waals surface area contributed by atoms with Crippen molar-refractivity contribution in [3.05, 3.63) is 96.1 Å². The van der Waals surface area contributed by atoms with Gasteiger partial charge in [0.25, 0.3) is 0 Å². The zero-order valence-electron chi connectivity index (χ0n) is 16.4. The van der Waals surface area contributed by atoms with E-state index in [1.54, 1.807) is 48.5 Å². The van der Waals surface area contributed by atoms with E-state index in [2.05, 4.69) is 4.99 Å². The van der Waals surface area contributed by atoms with Gasteiger partial charge >= 0.3 is 5.97 Å². The van der Waals surface area contributed by atoms with E-state index in [4.69, 9.17) is 4.74 Å². The molecule has 0 aliphatic carbocycles. The Hall–Kier alpha value is -2.99. The number of rotatable bonds is 7. The molecule has 1 atom stereocenters. The molecule has 1 aliphatic heterocycles. The summed E-state index contributed by atoms with van der Waals surface area (Å²) in [4.78, 5) is 18.5. The van der Waals surface area contributed by atoms with E-state index < -0.39 is 11.6 Å². The number of nitrogens with one attached hydrogen (secondary N) is 1. The van der Waals surface area contributed by atoms with Gasteiger partial charge < -0.3 is 22.3 Å². The standard InChI is InChI=1S/C24H22N2O3.ClH/c27-23(29-17-9-16-26-18-25-21-14-7-8-15-22(21)26)24(28,19-10-3-1-4-11-19)20-12-5-2-6-13-20;/h1-8,10-15,18,28H,9,16-17H2;1H. The summed E-state index contributed by atoms with van der Waals surface area (Å²) in [7, 11) is 0. The van der Waals surface area contributed by atoms with Crippen LogP contribution in [0.4, 0.5) is 11.4 Å². The maximum atomic E-state index is 13.0. The van der Waals surface area contributed by atoms with Crippen LogP contribution in [0.15, 0.2) is 89.9 Å². The number of hydrogen-bond donors (Lipinski definition) is 2. The predicted octanol–water partition coefficient (Wildman–Crippen LogP) is -0.250. The monoisotopic (exact) mass is 422 g/mol. The van der Waals surface area contributed by atoms with Crippen LogP contribution in [0.2, 0.25) is 0 Å². The molecule has 3 aromatic rings. The van der Waals surface area contributed by atoms with Gasteiger partial charge in [-0.3, -0.25) is 4.90 Å². The van der Waals surface area contributed by atoms with Crippen LogP contribution in [-0.4, -0.2) is 30.6 Å². The lowest BCUT2D eigenvalue weighted by Gasteiger charge is -2.27. The number of benzene rings is 3. The number of quaternary nitrogens is 1. The Bertz CT molecular complexity index is 970. The number of nitrogens with zero attached hydrogens (tertiary/aromatic N) is 1. The second-order valence-electron chi connectivity index (χ2n) is 6.98. The van der Waals surface area contributed by atoms with Crippen LogP contribution in [0.1, 0.15) is 17.5 Å². The Morgan fingerprint density at radius 1 is 0.900 bits per heavy atom. The molecule has 4 rings (SSSR count). The number of carbonyl (C=O) groups is 1. The molecule has 1 aliphatic rings. The van der Waals surface area contributed by atoms with Gasteiger partial charge in [0.1, 0.15) is 5.69 Å². The molecular weight excluding hydrogens is 400 g/mol. The number of carbonyl (C=O) groups excluding carboxylic acids is 1. The number of aliphatic imine (C=N–C) groups is 1. The lowest BCUT2D eigenvalue weighted by Crippen LogP contribution is -3.05. The van der Waals surface area contributed by atoms with E-state index in [-0.39, 0.29) is 19.0 Å². The minimum Gasteiger partial charge on any atom is -1.00 e. The Kier molecular flexibility index (Phi) is 7.00. The highest BCUT2D eigenvalue weighted by molar-refractivity contribution is 5.85. The number of esters is 1. The van der Waals surface area contributed by atoms with E-state index in [0.29, 0.717) is 17.5 Å². The summed E-state index contributed by atoms with van der Waals surface area (Å²) in [6.07, 6.45) is 2.53. The molecular formula is C24H23ClN2O3. The summed E-state index contributed by atoms with van der Waals surface area (Å²) < 4.78 is 5.52. The number of hydrogen-bond acceptors (Lipinski definition) is 4. The van der Waals surface area contributed by atoms with Crippen molar-refractivity contribution in [1.82, 2.24) is 0 Å². The minimum absolute atomic E-state index is 0. The van der Waals surface area contributed by atoms with Gasteiger partial charge in [-0.15, -0.1) is 0 Å². The quantitative estimate of drug-likeness (QED) is 0.408. The van der Waals surface area contributed by atoms with Gasteiger partial charge in [-0.1, -0.05) is 72.8 Å². The molecule has 0 bridgehead atoms. The second-order valence-corrected chi connectivity index (χ2v) is 6.98. The third-order valence-electron chi connectivity index (χ3n) is 5.11. The molecule has 0 amide bonds. The topological polar surface area (TPSA) is 63.3 Å². The highest BCUT2D eigenvalue weighted by Gasteiger charge is 2.41. The van der Waals surface area contributed by atoms with Crippen LogP contribution < -0.4 is 17.3 Å². The lowest BCUT2D eigenvalue weighted by atomic mass is 9.86. The Morgan fingerprint density at radius 3 is 2.10 bits per heavy atom. The molecule has 0 spiro atoms. The third kappa shape index (κ3) is 4.28. The number of ether oxygens (including phenoxy) is 1. The Labute approximate surface area is 182 Å². The lowest BCUT2D eigenvalue weighted by molar-refractivity contribution is -0.720. The average Bonchev–Trinajstić information content (AvgIpc) is 3.20. The summed E-state index contributed by atoms with van der Waals surface area (Å²) in [5.74, 6) is -0.666. The second kappa shape index (κ2) is 9.67. The van der Waals surface area contributed by atoms with Crippen LogP contribution in [-0.2, 0) is 15.1 Å². The van der Waals surface area contributed by atoms with E-state index in [1.807, 2.05) is 42.7 Å². The molecule has 0 saturated carbocycles. The average molecular weight is 423 g/mol. The van der Waals surface area contributed by atoms with Crippen molar-refractivity contribution < 1.29 is 31.9 Å². The zero-order valence-corrected chi connectivity index (χ0v) is 17.1. The van der Waals surface area contributed by atoms with Crippen molar-refractivity contribution in [2.45, 2.75) is 12.0 Å². The molecule has 30 heavy (non-hydrogen) atoms. The van der Waals surface area contributed by atoms with E-state index in [9.17, 15) is 9.90 Å².